The van der Waals surface area contributed by atoms with Crippen molar-refractivity contribution in [3.05, 3.63) is 66.1 Å². The molecule has 1 aromatic heterocycles. The topological polar surface area (TPSA) is 70.8 Å². The average Bonchev–Trinajstić information content (AvgIpc) is 3.08. The van der Waals surface area contributed by atoms with Crippen LogP contribution in [0.3, 0.4) is 0 Å². The number of hydrogen-bond acceptors (Lipinski definition) is 6. The van der Waals surface area contributed by atoms with Crippen LogP contribution in [0.25, 0.3) is 11.5 Å². The molecule has 0 aliphatic carbocycles. The van der Waals surface area contributed by atoms with Crippen molar-refractivity contribution >= 4 is 5.97 Å². The molecule has 0 saturated carbocycles. The van der Waals surface area contributed by atoms with Crippen molar-refractivity contribution < 1.29 is 23.4 Å². The zero-order valence-electron chi connectivity index (χ0n) is 14.6. The van der Waals surface area contributed by atoms with Gasteiger partial charge in [-0.05, 0) is 43.3 Å². The number of benzene rings is 2. The van der Waals surface area contributed by atoms with Gasteiger partial charge in [0.15, 0.2) is 5.69 Å². The first-order valence-electron chi connectivity index (χ1n) is 8.14. The van der Waals surface area contributed by atoms with Crippen molar-refractivity contribution in [2.75, 3.05) is 20.3 Å². The van der Waals surface area contributed by atoms with Crippen molar-refractivity contribution in [2.45, 2.75) is 6.92 Å². The van der Waals surface area contributed by atoms with Crippen LogP contribution < -0.4 is 9.47 Å². The van der Waals surface area contributed by atoms with Crippen molar-refractivity contribution in [3.8, 4) is 23.0 Å². The summed E-state index contributed by atoms with van der Waals surface area (Å²) in [6.45, 7) is 2.03. The van der Waals surface area contributed by atoms with Crippen molar-refractivity contribution in [3.63, 3.8) is 0 Å². The van der Waals surface area contributed by atoms with Crippen molar-refractivity contribution in [1.29, 1.82) is 0 Å². The zero-order chi connectivity index (χ0) is 18.4. The number of methoxy groups -OCH3 is 1. The van der Waals surface area contributed by atoms with Crippen LogP contribution in [-0.4, -0.2) is 31.3 Å². The Bertz CT molecular complexity index is 856. The van der Waals surface area contributed by atoms with Crippen LogP contribution in [0.15, 0.2) is 59.0 Å². The Labute approximate surface area is 151 Å². The molecular formula is C20H19NO5. The molecule has 134 valence electrons. The molecule has 0 atom stereocenters. The highest BCUT2D eigenvalue weighted by Gasteiger charge is 2.19. The third-order valence-corrected chi connectivity index (χ3v) is 3.66. The molecule has 3 aromatic rings. The number of rotatable bonds is 7. The molecule has 0 radical (unpaired) electrons. The van der Waals surface area contributed by atoms with Gasteiger partial charge in [-0.1, -0.05) is 18.2 Å². The van der Waals surface area contributed by atoms with Gasteiger partial charge in [-0.3, -0.25) is 0 Å². The van der Waals surface area contributed by atoms with Crippen molar-refractivity contribution in [1.82, 2.24) is 4.98 Å². The number of nitrogens with zero attached hydrogens (tertiary/aromatic N) is 1. The maximum Gasteiger partial charge on any atom is 0.360 e. The number of ether oxygens (including phenoxy) is 3. The van der Waals surface area contributed by atoms with Gasteiger partial charge < -0.3 is 18.6 Å². The van der Waals surface area contributed by atoms with Crippen LogP contribution in [0.5, 0.6) is 11.5 Å². The van der Waals surface area contributed by atoms with E-state index in [0.29, 0.717) is 17.4 Å². The first-order chi connectivity index (χ1) is 12.7. The fraction of sp³-hybridized carbons (Fsp3) is 0.200. The van der Waals surface area contributed by atoms with E-state index in [-0.39, 0.29) is 18.9 Å². The van der Waals surface area contributed by atoms with Gasteiger partial charge in [-0.25, -0.2) is 9.78 Å². The minimum atomic E-state index is -0.535. The van der Waals surface area contributed by atoms with E-state index in [0.717, 1.165) is 11.3 Å². The molecule has 3 rings (SSSR count). The summed E-state index contributed by atoms with van der Waals surface area (Å²) < 4.78 is 21.4. The van der Waals surface area contributed by atoms with E-state index in [1.54, 1.807) is 38.3 Å². The predicted molar refractivity (Wildman–Crippen MR) is 95.4 cm³/mol. The molecule has 0 aliphatic rings. The Morgan fingerprint density at radius 1 is 1.00 bits per heavy atom. The van der Waals surface area contributed by atoms with Gasteiger partial charge >= 0.3 is 5.97 Å². The lowest BCUT2D eigenvalue weighted by molar-refractivity contribution is 0.0442. The van der Waals surface area contributed by atoms with Gasteiger partial charge in [-0.15, -0.1) is 0 Å². The molecule has 0 bridgehead atoms. The minimum absolute atomic E-state index is 0.109. The van der Waals surface area contributed by atoms with E-state index in [2.05, 4.69) is 4.98 Å². The summed E-state index contributed by atoms with van der Waals surface area (Å²) in [4.78, 5) is 16.4. The van der Waals surface area contributed by atoms with Gasteiger partial charge in [-0.2, -0.15) is 0 Å². The number of aryl methyl sites for hydroxylation is 1. The third kappa shape index (κ3) is 4.22. The first-order valence-corrected chi connectivity index (χ1v) is 8.14. The number of carbonyl (C=O) groups is 1. The molecule has 6 heteroatoms. The summed E-state index contributed by atoms with van der Waals surface area (Å²) in [6, 6.07) is 16.6. The largest absolute Gasteiger partial charge is 0.497 e. The molecule has 2 aromatic carbocycles. The van der Waals surface area contributed by atoms with Gasteiger partial charge in [0.1, 0.15) is 30.5 Å². The smallest absolute Gasteiger partial charge is 0.360 e. The number of carbonyl (C=O) groups excluding carboxylic acids is 1. The molecule has 0 spiro atoms. The summed E-state index contributed by atoms with van der Waals surface area (Å²) in [5.41, 5.74) is 0.978. The second-order valence-electron chi connectivity index (χ2n) is 5.45. The maximum absolute atomic E-state index is 12.2. The summed E-state index contributed by atoms with van der Waals surface area (Å²) in [7, 11) is 1.60. The molecule has 0 N–H and O–H groups in total. The fourth-order valence-electron chi connectivity index (χ4n) is 2.32. The number of aromatic nitrogens is 1. The van der Waals surface area contributed by atoms with E-state index in [1.165, 1.54) is 0 Å². The quantitative estimate of drug-likeness (QED) is 0.474. The maximum atomic E-state index is 12.2. The highest BCUT2D eigenvalue weighted by Crippen LogP contribution is 2.22. The van der Waals surface area contributed by atoms with Crippen molar-refractivity contribution in [2.24, 2.45) is 0 Å². The molecule has 0 amide bonds. The molecule has 1 heterocycles. The van der Waals surface area contributed by atoms with Crippen LogP contribution in [0.4, 0.5) is 0 Å². The Morgan fingerprint density at radius 3 is 2.38 bits per heavy atom. The van der Waals surface area contributed by atoms with Gasteiger partial charge in [0.05, 0.1) is 7.11 Å². The van der Waals surface area contributed by atoms with Gasteiger partial charge in [0.2, 0.25) is 5.89 Å². The first kappa shape index (κ1) is 17.5. The van der Waals surface area contributed by atoms with E-state index in [4.69, 9.17) is 18.6 Å². The summed E-state index contributed by atoms with van der Waals surface area (Å²) in [6.07, 6.45) is 0. The Balaban J connectivity index is 1.52. The second-order valence-corrected chi connectivity index (χ2v) is 5.45. The second kappa shape index (κ2) is 8.20. The summed E-state index contributed by atoms with van der Waals surface area (Å²) >= 11 is 0. The lowest BCUT2D eigenvalue weighted by Gasteiger charge is -2.07. The summed E-state index contributed by atoms with van der Waals surface area (Å²) in [5.74, 6) is 1.70. The molecule has 0 aliphatic heterocycles. The lowest BCUT2D eigenvalue weighted by Crippen LogP contribution is -2.13. The molecular weight excluding hydrogens is 334 g/mol. The molecule has 0 unspecified atom stereocenters. The molecule has 6 nitrogen and oxygen atoms in total. The monoisotopic (exact) mass is 353 g/mol. The van der Waals surface area contributed by atoms with Crippen LogP contribution in [0.1, 0.15) is 16.2 Å². The third-order valence-electron chi connectivity index (χ3n) is 3.66. The van der Waals surface area contributed by atoms with Crippen LogP contribution in [0.2, 0.25) is 0 Å². The molecule has 0 fully saturated rings. The van der Waals surface area contributed by atoms with E-state index < -0.39 is 5.97 Å². The zero-order valence-corrected chi connectivity index (χ0v) is 14.6. The number of oxazole rings is 1. The average molecular weight is 353 g/mol. The number of hydrogen-bond donors (Lipinski definition) is 0. The molecule has 0 saturated heterocycles. The Kier molecular flexibility index (Phi) is 5.53. The Hall–Kier alpha value is -3.28. The van der Waals surface area contributed by atoms with Crippen LogP contribution in [0, 0.1) is 6.92 Å². The minimum Gasteiger partial charge on any atom is -0.497 e. The SMILES string of the molecule is COc1ccc(OCCOC(=O)c2nc(-c3ccccc3)oc2C)cc1. The number of esters is 1. The standard InChI is InChI=1S/C20H19NO5/c1-14-18(21-19(26-14)15-6-4-3-5-7-15)20(22)25-13-12-24-17-10-8-16(23-2)9-11-17/h3-11H,12-13H2,1-2H3. The summed E-state index contributed by atoms with van der Waals surface area (Å²) in [5, 5.41) is 0. The van der Waals surface area contributed by atoms with Crippen LogP contribution >= 0.6 is 0 Å². The highest BCUT2D eigenvalue weighted by molar-refractivity contribution is 5.88. The van der Waals surface area contributed by atoms with E-state index >= 15 is 0 Å². The van der Waals surface area contributed by atoms with E-state index in [1.807, 2.05) is 30.3 Å². The predicted octanol–water partition coefficient (Wildman–Crippen LogP) is 3.89. The Morgan fingerprint density at radius 2 is 1.69 bits per heavy atom. The normalized spacial score (nSPS) is 10.4. The van der Waals surface area contributed by atoms with E-state index in [9.17, 15) is 4.79 Å². The fourth-order valence-corrected chi connectivity index (χ4v) is 2.32. The highest BCUT2D eigenvalue weighted by atomic mass is 16.6. The van der Waals surface area contributed by atoms with Gasteiger partial charge in [0.25, 0.3) is 0 Å². The lowest BCUT2D eigenvalue weighted by atomic mass is 10.2. The molecule has 26 heavy (non-hydrogen) atoms. The van der Waals surface area contributed by atoms with Gasteiger partial charge in [0, 0.05) is 5.56 Å². The van der Waals surface area contributed by atoms with Crippen LogP contribution in [-0.2, 0) is 4.74 Å².